The van der Waals surface area contributed by atoms with Gasteiger partial charge in [0.25, 0.3) is 5.91 Å². The number of rotatable bonds is 6. The lowest BCUT2D eigenvalue weighted by atomic mass is 10.2. The van der Waals surface area contributed by atoms with Crippen LogP contribution in [0.1, 0.15) is 25.8 Å². The zero-order valence-electron chi connectivity index (χ0n) is 10.6. The Kier molecular flexibility index (Phi) is 5.58. The summed E-state index contributed by atoms with van der Waals surface area (Å²) in [5.74, 6) is -0.862. The Labute approximate surface area is 106 Å². The number of aliphatic hydroxyl groups is 1. The highest BCUT2D eigenvalue weighted by Crippen LogP contribution is 2.18. The summed E-state index contributed by atoms with van der Waals surface area (Å²) in [4.78, 5) is 11.4. The maximum absolute atomic E-state index is 13.4. The summed E-state index contributed by atoms with van der Waals surface area (Å²) in [5.41, 5.74) is 0.462. The summed E-state index contributed by atoms with van der Waals surface area (Å²) in [6.45, 7) is 3.39. The summed E-state index contributed by atoms with van der Waals surface area (Å²) in [7, 11) is 0. The number of hydrogen-bond donors (Lipinski definition) is 2. The minimum absolute atomic E-state index is 0.00602. The van der Waals surface area contributed by atoms with Crippen molar-refractivity contribution in [1.82, 2.24) is 5.32 Å². The summed E-state index contributed by atoms with van der Waals surface area (Å²) < 4.78 is 18.5. The van der Waals surface area contributed by atoms with Crippen LogP contribution in [0.2, 0.25) is 0 Å². The quantitative estimate of drug-likeness (QED) is 0.812. The largest absolute Gasteiger partial charge is 0.481 e. The first kappa shape index (κ1) is 14.4. The van der Waals surface area contributed by atoms with E-state index in [1.165, 1.54) is 12.1 Å². The van der Waals surface area contributed by atoms with Crippen molar-refractivity contribution in [2.24, 2.45) is 0 Å². The van der Waals surface area contributed by atoms with Gasteiger partial charge in [-0.3, -0.25) is 4.79 Å². The summed E-state index contributed by atoms with van der Waals surface area (Å²) in [6, 6.07) is 4.20. The number of carbonyl (C=O) groups is 1. The van der Waals surface area contributed by atoms with E-state index in [1.807, 2.05) is 13.8 Å². The molecule has 2 N–H and O–H groups in total. The third-order valence-corrected chi connectivity index (χ3v) is 2.56. The Balaban J connectivity index is 2.51. The Morgan fingerprint density at radius 1 is 1.56 bits per heavy atom. The van der Waals surface area contributed by atoms with Crippen molar-refractivity contribution < 1.29 is 19.0 Å². The van der Waals surface area contributed by atoms with Crippen LogP contribution in [0.25, 0.3) is 0 Å². The number of ether oxygens (including phenoxy) is 1. The molecule has 0 bridgehead atoms. The van der Waals surface area contributed by atoms with Crippen LogP contribution in [-0.2, 0) is 11.4 Å². The van der Waals surface area contributed by atoms with Crippen LogP contribution in [0.5, 0.6) is 5.75 Å². The third-order valence-electron chi connectivity index (χ3n) is 2.56. The Morgan fingerprint density at radius 2 is 2.28 bits per heavy atom. The van der Waals surface area contributed by atoms with E-state index in [2.05, 4.69) is 5.32 Å². The number of carbonyl (C=O) groups excluding carboxylic acids is 1. The van der Waals surface area contributed by atoms with Crippen LogP contribution in [0.4, 0.5) is 4.39 Å². The number of amides is 1. The standard InChI is InChI=1S/C13H18FNO3/c1-3-9(2)15-13(17)8-18-12-5-4-10(7-16)6-11(12)14/h4-6,9,16H,3,7-8H2,1-2H3,(H,15,17). The first-order valence-corrected chi connectivity index (χ1v) is 5.88. The first-order chi connectivity index (χ1) is 8.56. The van der Waals surface area contributed by atoms with Crippen LogP contribution in [0.15, 0.2) is 18.2 Å². The first-order valence-electron chi connectivity index (χ1n) is 5.88. The van der Waals surface area contributed by atoms with E-state index in [0.717, 1.165) is 6.42 Å². The molecule has 0 aromatic heterocycles. The lowest BCUT2D eigenvalue weighted by Crippen LogP contribution is -2.35. The van der Waals surface area contributed by atoms with E-state index >= 15 is 0 Å². The summed E-state index contributed by atoms with van der Waals surface area (Å²) in [5, 5.41) is 11.5. The molecule has 1 rings (SSSR count). The van der Waals surface area contributed by atoms with Gasteiger partial charge in [0.1, 0.15) is 0 Å². The van der Waals surface area contributed by atoms with E-state index in [1.54, 1.807) is 6.07 Å². The van der Waals surface area contributed by atoms with Gasteiger partial charge in [0, 0.05) is 6.04 Å². The molecule has 100 valence electrons. The Bertz CT molecular complexity index is 409. The SMILES string of the molecule is CCC(C)NC(=O)COc1ccc(CO)cc1F. The summed E-state index contributed by atoms with van der Waals surface area (Å²) >= 11 is 0. The molecular formula is C13H18FNO3. The molecule has 1 aromatic carbocycles. The highest BCUT2D eigenvalue weighted by molar-refractivity contribution is 5.77. The lowest BCUT2D eigenvalue weighted by Gasteiger charge is -2.12. The van der Waals surface area contributed by atoms with Crippen molar-refractivity contribution in [1.29, 1.82) is 0 Å². The van der Waals surface area contributed by atoms with Crippen LogP contribution < -0.4 is 10.1 Å². The van der Waals surface area contributed by atoms with Crippen molar-refractivity contribution in [2.45, 2.75) is 32.9 Å². The predicted octanol–water partition coefficient (Wildman–Crippen LogP) is 1.61. The number of nitrogens with one attached hydrogen (secondary N) is 1. The molecule has 0 fully saturated rings. The molecule has 0 aliphatic rings. The second-order valence-corrected chi connectivity index (χ2v) is 4.09. The fraction of sp³-hybridized carbons (Fsp3) is 0.462. The van der Waals surface area contributed by atoms with Gasteiger partial charge in [-0.05, 0) is 31.0 Å². The average molecular weight is 255 g/mol. The molecular weight excluding hydrogens is 237 g/mol. The number of hydrogen-bond acceptors (Lipinski definition) is 3. The second kappa shape index (κ2) is 6.96. The van der Waals surface area contributed by atoms with Gasteiger partial charge in [0.15, 0.2) is 18.2 Å². The average Bonchev–Trinajstić information content (AvgIpc) is 2.36. The van der Waals surface area contributed by atoms with Gasteiger partial charge >= 0.3 is 0 Å². The van der Waals surface area contributed by atoms with Crippen LogP contribution >= 0.6 is 0 Å². The van der Waals surface area contributed by atoms with E-state index in [9.17, 15) is 9.18 Å². The van der Waals surface area contributed by atoms with Gasteiger partial charge in [-0.25, -0.2) is 4.39 Å². The molecule has 4 nitrogen and oxygen atoms in total. The van der Waals surface area contributed by atoms with Crippen LogP contribution in [0.3, 0.4) is 0 Å². The Morgan fingerprint density at radius 3 is 2.83 bits per heavy atom. The van der Waals surface area contributed by atoms with Crippen LogP contribution in [0, 0.1) is 5.82 Å². The monoisotopic (exact) mass is 255 g/mol. The molecule has 18 heavy (non-hydrogen) atoms. The van der Waals surface area contributed by atoms with Crippen molar-refractivity contribution in [3.63, 3.8) is 0 Å². The number of benzene rings is 1. The van der Waals surface area contributed by atoms with E-state index in [0.29, 0.717) is 5.56 Å². The van der Waals surface area contributed by atoms with Crippen molar-refractivity contribution >= 4 is 5.91 Å². The van der Waals surface area contributed by atoms with Gasteiger partial charge in [0.05, 0.1) is 6.61 Å². The fourth-order valence-electron chi connectivity index (χ4n) is 1.32. The van der Waals surface area contributed by atoms with Crippen molar-refractivity contribution in [3.8, 4) is 5.75 Å². The molecule has 0 heterocycles. The van der Waals surface area contributed by atoms with Crippen LogP contribution in [-0.4, -0.2) is 23.7 Å². The molecule has 1 amide bonds. The Hall–Kier alpha value is -1.62. The van der Waals surface area contributed by atoms with Gasteiger partial charge in [0.2, 0.25) is 0 Å². The number of aliphatic hydroxyl groups excluding tert-OH is 1. The van der Waals surface area contributed by atoms with Gasteiger partial charge in [-0.15, -0.1) is 0 Å². The molecule has 0 saturated carbocycles. The third kappa shape index (κ3) is 4.33. The number of halogens is 1. The van der Waals surface area contributed by atoms with E-state index in [4.69, 9.17) is 9.84 Å². The lowest BCUT2D eigenvalue weighted by molar-refractivity contribution is -0.123. The minimum Gasteiger partial charge on any atom is -0.481 e. The smallest absolute Gasteiger partial charge is 0.258 e. The minimum atomic E-state index is -0.585. The molecule has 1 aromatic rings. The normalized spacial score (nSPS) is 12.0. The zero-order chi connectivity index (χ0) is 13.5. The molecule has 1 atom stereocenters. The van der Waals surface area contributed by atoms with Crippen molar-refractivity contribution in [3.05, 3.63) is 29.6 Å². The molecule has 0 saturated heterocycles. The maximum Gasteiger partial charge on any atom is 0.258 e. The van der Waals surface area contributed by atoms with Crippen molar-refractivity contribution in [2.75, 3.05) is 6.61 Å². The molecule has 1 unspecified atom stereocenters. The van der Waals surface area contributed by atoms with Gasteiger partial charge in [-0.1, -0.05) is 13.0 Å². The molecule has 0 spiro atoms. The van der Waals surface area contributed by atoms with E-state index in [-0.39, 0.29) is 30.9 Å². The fourth-order valence-corrected chi connectivity index (χ4v) is 1.32. The van der Waals surface area contributed by atoms with E-state index < -0.39 is 5.82 Å². The molecule has 0 aliphatic heterocycles. The molecule has 0 radical (unpaired) electrons. The van der Waals surface area contributed by atoms with Gasteiger partial charge in [-0.2, -0.15) is 0 Å². The van der Waals surface area contributed by atoms with Gasteiger partial charge < -0.3 is 15.2 Å². The molecule has 0 aliphatic carbocycles. The zero-order valence-corrected chi connectivity index (χ0v) is 10.6. The maximum atomic E-state index is 13.4. The molecule has 5 heteroatoms. The second-order valence-electron chi connectivity index (χ2n) is 4.09. The predicted molar refractivity (Wildman–Crippen MR) is 65.7 cm³/mol. The highest BCUT2D eigenvalue weighted by atomic mass is 19.1. The highest BCUT2D eigenvalue weighted by Gasteiger charge is 2.09. The topological polar surface area (TPSA) is 58.6 Å². The summed E-state index contributed by atoms with van der Waals surface area (Å²) in [6.07, 6.45) is 0.825.